The van der Waals surface area contributed by atoms with Gasteiger partial charge in [-0.05, 0) is 37.2 Å². The third-order valence-electron chi connectivity index (χ3n) is 3.91. The van der Waals surface area contributed by atoms with E-state index in [0.717, 1.165) is 31.2 Å². The fourth-order valence-electron chi connectivity index (χ4n) is 2.74. The first kappa shape index (κ1) is 13.6. The highest BCUT2D eigenvalue weighted by molar-refractivity contribution is 5.78. The molecule has 3 nitrogen and oxygen atoms in total. The Balaban J connectivity index is 1.93. The summed E-state index contributed by atoms with van der Waals surface area (Å²) in [4.78, 5) is 12.1. The molecule has 3 heteroatoms. The highest BCUT2D eigenvalue weighted by atomic mass is 16.1. The lowest BCUT2D eigenvalue weighted by Gasteiger charge is -2.23. The molecule has 1 amide bonds. The molecule has 100 valence electrons. The zero-order valence-electron chi connectivity index (χ0n) is 11.4. The zero-order chi connectivity index (χ0) is 13.7. The molecule has 1 atom stereocenters. The van der Waals surface area contributed by atoms with Gasteiger partial charge in [0.2, 0.25) is 5.91 Å². The van der Waals surface area contributed by atoms with E-state index in [4.69, 9.17) is 0 Å². The van der Waals surface area contributed by atoms with Gasteiger partial charge in [0.05, 0.1) is 6.07 Å². The fraction of sp³-hybridized carbons (Fsp3) is 0.500. The van der Waals surface area contributed by atoms with Crippen molar-refractivity contribution in [3.63, 3.8) is 0 Å². The van der Waals surface area contributed by atoms with Gasteiger partial charge in [-0.25, -0.2) is 0 Å². The SMILES string of the molecule is CC(CC(=O)NC1(C#N)CCCC1)c1ccccc1. The van der Waals surface area contributed by atoms with Gasteiger partial charge in [0.1, 0.15) is 5.54 Å². The lowest BCUT2D eigenvalue weighted by molar-refractivity contribution is -0.122. The van der Waals surface area contributed by atoms with E-state index in [1.807, 2.05) is 37.3 Å². The first-order chi connectivity index (χ1) is 9.15. The van der Waals surface area contributed by atoms with E-state index in [2.05, 4.69) is 11.4 Å². The number of nitriles is 1. The second-order valence-corrected chi connectivity index (χ2v) is 5.47. The Kier molecular flexibility index (Phi) is 4.21. The number of hydrogen-bond acceptors (Lipinski definition) is 2. The molecule has 1 aliphatic rings. The molecule has 1 N–H and O–H groups in total. The lowest BCUT2D eigenvalue weighted by Crippen LogP contribution is -2.45. The van der Waals surface area contributed by atoms with Gasteiger partial charge in [-0.2, -0.15) is 5.26 Å². The third-order valence-corrected chi connectivity index (χ3v) is 3.91. The molecule has 1 fully saturated rings. The first-order valence-corrected chi connectivity index (χ1v) is 6.92. The zero-order valence-corrected chi connectivity index (χ0v) is 11.4. The van der Waals surface area contributed by atoms with Crippen molar-refractivity contribution in [1.82, 2.24) is 5.32 Å². The second kappa shape index (κ2) is 5.88. The van der Waals surface area contributed by atoms with Crippen molar-refractivity contribution < 1.29 is 4.79 Å². The summed E-state index contributed by atoms with van der Waals surface area (Å²) in [5.41, 5.74) is 0.558. The van der Waals surface area contributed by atoms with Crippen LogP contribution in [0.15, 0.2) is 30.3 Å². The third kappa shape index (κ3) is 3.35. The van der Waals surface area contributed by atoms with Crippen LogP contribution in [0.25, 0.3) is 0 Å². The summed E-state index contributed by atoms with van der Waals surface area (Å²) in [6.07, 6.45) is 4.07. The monoisotopic (exact) mass is 256 g/mol. The molecule has 1 saturated carbocycles. The molecular formula is C16H20N2O. The Labute approximate surface area is 114 Å². The fourth-order valence-corrected chi connectivity index (χ4v) is 2.74. The van der Waals surface area contributed by atoms with Crippen LogP contribution in [-0.4, -0.2) is 11.4 Å². The number of carbonyl (C=O) groups is 1. The largest absolute Gasteiger partial charge is 0.338 e. The number of benzene rings is 1. The molecule has 0 spiro atoms. The van der Waals surface area contributed by atoms with Crippen LogP contribution in [-0.2, 0) is 4.79 Å². The Bertz CT molecular complexity index is 469. The molecule has 2 rings (SSSR count). The summed E-state index contributed by atoms with van der Waals surface area (Å²) in [7, 11) is 0. The minimum Gasteiger partial charge on any atom is -0.338 e. The second-order valence-electron chi connectivity index (χ2n) is 5.47. The molecule has 0 saturated heterocycles. The quantitative estimate of drug-likeness (QED) is 0.899. The molecule has 0 radical (unpaired) electrons. The Morgan fingerprint density at radius 3 is 2.58 bits per heavy atom. The molecule has 1 aliphatic carbocycles. The maximum absolute atomic E-state index is 12.1. The van der Waals surface area contributed by atoms with Crippen LogP contribution >= 0.6 is 0 Å². The predicted octanol–water partition coefficient (Wildman–Crippen LogP) is 3.13. The van der Waals surface area contributed by atoms with Gasteiger partial charge in [0.15, 0.2) is 0 Å². The predicted molar refractivity (Wildman–Crippen MR) is 74.4 cm³/mol. The van der Waals surface area contributed by atoms with E-state index in [1.165, 1.54) is 0 Å². The van der Waals surface area contributed by atoms with Crippen molar-refractivity contribution in [3.8, 4) is 6.07 Å². The van der Waals surface area contributed by atoms with Crippen molar-refractivity contribution in [3.05, 3.63) is 35.9 Å². The molecule has 0 bridgehead atoms. The number of hydrogen-bond donors (Lipinski definition) is 1. The van der Waals surface area contributed by atoms with Crippen molar-refractivity contribution in [1.29, 1.82) is 5.26 Å². The topological polar surface area (TPSA) is 52.9 Å². The Hall–Kier alpha value is -1.82. The van der Waals surface area contributed by atoms with Crippen LogP contribution in [0.4, 0.5) is 0 Å². The molecule has 1 unspecified atom stereocenters. The highest BCUT2D eigenvalue weighted by Gasteiger charge is 2.35. The summed E-state index contributed by atoms with van der Waals surface area (Å²) in [5.74, 6) is 0.165. The normalized spacial score (nSPS) is 18.5. The van der Waals surface area contributed by atoms with E-state index in [-0.39, 0.29) is 11.8 Å². The highest BCUT2D eigenvalue weighted by Crippen LogP contribution is 2.29. The molecule has 0 aromatic heterocycles. The maximum Gasteiger partial charge on any atom is 0.221 e. The molecule has 1 aromatic rings. The molecule has 0 aliphatic heterocycles. The maximum atomic E-state index is 12.1. The number of amides is 1. The minimum absolute atomic E-state index is 0.0141. The van der Waals surface area contributed by atoms with Crippen LogP contribution in [0.1, 0.15) is 50.5 Å². The number of rotatable bonds is 4. The van der Waals surface area contributed by atoms with E-state index in [0.29, 0.717) is 6.42 Å². The van der Waals surface area contributed by atoms with Crippen LogP contribution in [0.3, 0.4) is 0 Å². The van der Waals surface area contributed by atoms with Crippen LogP contribution in [0.2, 0.25) is 0 Å². The average molecular weight is 256 g/mol. The average Bonchev–Trinajstić information content (AvgIpc) is 2.88. The molecular weight excluding hydrogens is 236 g/mol. The lowest BCUT2D eigenvalue weighted by atomic mass is 9.95. The number of nitrogens with one attached hydrogen (secondary N) is 1. The number of nitrogens with zero attached hydrogens (tertiary/aromatic N) is 1. The summed E-state index contributed by atoms with van der Waals surface area (Å²) in [5, 5.41) is 12.2. The van der Waals surface area contributed by atoms with Gasteiger partial charge in [-0.1, -0.05) is 37.3 Å². The first-order valence-electron chi connectivity index (χ1n) is 6.92. The van der Waals surface area contributed by atoms with Crippen LogP contribution in [0.5, 0.6) is 0 Å². The van der Waals surface area contributed by atoms with E-state index >= 15 is 0 Å². The van der Waals surface area contributed by atoms with Crippen molar-refractivity contribution in [2.24, 2.45) is 0 Å². The summed E-state index contributed by atoms with van der Waals surface area (Å²) in [6.45, 7) is 2.04. The molecule has 0 heterocycles. The standard InChI is InChI=1S/C16H20N2O/c1-13(14-7-3-2-4-8-14)11-15(19)18-16(12-17)9-5-6-10-16/h2-4,7-8,13H,5-6,9-11H2,1H3,(H,18,19). The van der Waals surface area contributed by atoms with E-state index < -0.39 is 5.54 Å². The minimum atomic E-state index is -0.604. The van der Waals surface area contributed by atoms with Gasteiger partial charge >= 0.3 is 0 Å². The Morgan fingerprint density at radius 2 is 2.00 bits per heavy atom. The smallest absolute Gasteiger partial charge is 0.221 e. The van der Waals surface area contributed by atoms with Gasteiger partial charge in [-0.3, -0.25) is 4.79 Å². The summed E-state index contributed by atoms with van der Waals surface area (Å²) < 4.78 is 0. The van der Waals surface area contributed by atoms with Crippen molar-refractivity contribution in [2.75, 3.05) is 0 Å². The summed E-state index contributed by atoms with van der Waals surface area (Å²) in [6, 6.07) is 12.3. The van der Waals surface area contributed by atoms with Crippen molar-refractivity contribution in [2.45, 2.75) is 50.5 Å². The van der Waals surface area contributed by atoms with Gasteiger partial charge in [0, 0.05) is 6.42 Å². The molecule has 19 heavy (non-hydrogen) atoms. The number of carbonyl (C=O) groups excluding carboxylic acids is 1. The Morgan fingerprint density at radius 1 is 1.37 bits per heavy atom. The van der Waals surface area contributed by atoms with Gasteiger partial charge < -0.3 is 5.32 Å². The molecule has 1 aromatic carbocycles. The van der Waals surface area contributed by atoms with Gasteiger partial charge in [0.25, 0.3) is 0 Å². The van der Waals surface area contributed by atoms with Crippen molar-refractivity contribution >= 4 is 5.91 Å². The van der Waals surface area contributed by atoms with Gasteiger partial charge in [-0.15, -0.1) is 0 Å². The van der Waals surface area contributed by atoms with Crippen LogP contribution in [0, 0.1) is 11.3 Å². The summed E-state index contributed by atoms with van der Waals surface area (Å²) >= 11 is 0. The van der Waals surface area contributed by atoms with E-state index in [9.17, 15) is 10.1 Å². The van der Waals surface area contributed by atoms with Crippen LogP contribution < -0.4 is 5.32 Å². The van der Waals surface area contributed by atoms with E-state index in [1.54, 1.807) is 0 Å².